The van der Waals surface area contributed by atoms with Gasteiger partial charge in [-0.3, -0.25) is 4.79 Å². The van der Waals surface area contributed by atoms with E-state index in [1.807, 2.05) is 24.3 Å². The van der Waals surface area contributed by atoms with Crippen molar-refractivity contribution in [2.45, 2.75) is 6.42 Å². The van der Waals surface area contributed by atoms with Crippen LogP contribution < -0.4 is 19.9 Å². The van der Waals surface area contributed by atoms with Crippen molar-refractivity contribution in [3.05, 3.63) is 42.2 Å². The Hall–Kier alpha value is -3.15. The first-order valence-electron chi connectivity index (χ1n) is 7.66. The molecule has 0 aliphatic rings. The van der Waals surface area contributed by atoms with E-state index in [1.54, 1.807) is 33.7 Å². The van der Waals surface area contributed by atoms with Crippen molar-refractivity contribution in [1.29, 1.82) is 0 Å². The van der Waals surface area contributed by atoms with Gasteiger partial charge in [-0.1, -0.05) is 0 Å². The molecule has 3 rings (SSSR count). The van der Waals surface area contributed by atoms with Gasteiger partial charge in [-0.2, -0.15) is 0 Å². The molecule has 0 atom stereocenters. The molecule has 0 radical (unpaired) electrons. The molecule has 1 heterocycles. The molecule has 130 valence electrons. The zero-order valence-corrected chi connectivity index (χ0v) is 14.3. The van der Waals surface area contributed by atoms with Gasteiger partial charge in [0, 0.05) is 17.0 Å². The summed E-state index contributed by atoms with van der Waals surface area (Å²) in [7, 11) is 4.71. The normalized spacial score (nSPS) is 10.7. The number of carbonyl (C=O) groups excluding carboxylic acids is 1. The molecule has 1 amide bonds. The largest absolute Gasteiger partial charge is 0.497 e. The molecule has 0 unspecified atom stereocenters. The number of benzene rings is 2. The van der Waals surface area contributed by atoms with Gasteiger partial charge in [0.1, 0.15) is 11.3 Å². The highest BCUT2D eigenvalue weighted by molar-refractivity contribution is 5.96. The number of furan rings is 1. The summed E-state index contributed by atoms with van der Waals surface area (Å²) in [5.41, 5.74) is 8.49. The van der Waals surface area contributed by atoms with Crippen LogP contribution in [0.3, 0.4) is 0 Å². The van der Waals surface area contributed by atoms with Gasteiger partial charge in [0.25, 0.3) is 0 Å². The van der Waals surface area contributed by atoms with Crippen LogP contribution in [0.2, 0.25) is 0 Å². The van der Waals surface area contributed by atoms with Crippen molar-refractivity contribution >= 4 is 16.9 Å². The van der Waals surface area contributed by atoms with E-state index in [9.17, 15) is 4.79 Å². The number of rotatable bonds is 6. The number of hydrogen-bond donors (Lipinski definition) is 1. The predicted molar refractivity (Wildman–Crippen MR) is 94.2 cm³/mol. The van der Waals surface area contributed by atoms with E-state index in [0.717, 1.165) is 22.1 Å². The van der Waals surface area contributed by atoms with Crippen LogP contribution in [0.5, 0.6) is 17.2 Å². The average molecular weight is 341 g/mol. The van der Waals surface area contributed by atoms with E-state index < -0.39 is 5.91 Å². The number of ether oxygens (including phenoxy) is 3. The van der Waals surface area contributed by atoms with Crippen molar-refractivity contribution in [2.24, 2.45) is 5.73 Å². The van der Waals surface area contributed by atoms with Crippen molar-refractivity contribution in [1.82, 2.24) is 0 Å². The highest BCUT2D eigenvalue weighted by atomic mass is 16.5. The summed E-state index contributed by atoms with van der Waals surface area (Å²) in [4.78, 5) is 11.5. The van der Waals surface area contributed by atoms with Gasteiger partial charge in [-0.05, 0) is 35.4 Å². The third kappa shape index (κ3) is 3.10. The van der Waals surface area contributed by atoms with Gasteiger partial charge in [-0.25, -0.2) is 0 Å². The smallest absolute Gasteiger partial charge is 0.221 e. The molecule has 0 saturated carbocycles. The van der Waals surface area contributed by atoms with Crippen molar-refractivity contribution in [2.75, 3.05) is 21.3 Å². The van der Waals surface area contributed by atoms with Crippen LogP contribution in [0, 0.1) is 0 Å². The van der Waals surface area contributed by atoms with Gasteiger partial charge in [-0.15, -0.1) is 0 Å². The van der Waals surface area contributed by atoms with Crippen LogP contribution in [-0.2, 0) is 11.2 Å². The van der Waals surface area contributed by atoms with Crippen molar-refractivity contribution in [3.63, 3.8) is 0 Å². The Balaban J connectivity index is 2.22. The summed E-state index contributed by atoms with van der Waals surface area (Å²) < 4.78 is 21.6. The van der Waals surface area contributed by atoms with E-state index in [2.05, 4.69) is 0 Å². The van der Waals surface area contributed by atoms with Crippen LogP contribution >= 0.6 is 0 Å². The van der Waals surface area contributed by atoms with Gasteiger partial charge >= 0.3 is 0 Å². The summed E-state index contributed by atoms with van der Waals surface area (Å²) in [6.07, 6.45) is 1.73. The Morgan fingerprint density at radius 3 is 2.36 bits per heavy atom. The fourth-order valence-corrected chi connectivity index (χ4v) is 2.85. The summed E-state index contributed by atoms with van der Waals surface area (Å²) in [5, 5.41) is 0.902. The van der Waals surface area contributed by atoms with Crippen LogP contribution in [0.25, 0.3) is 22.1 Å². The molecule has 0 fully saturated rings. The second-order valence-corrected chi connectivity index (χ2v) is 5.52. The molecule has 25 heavy (non-hydrogen) atoms. The monoisotopic (exact) mass is 341 g/mol. The Morgan fingerprint density at radius 2 is 1.72 bits per heavy atom. The SMILES string of the molecule is COc1ccc2c(-c3cc(OC)c(OC)cc3CC(N)=O)coc2c1. The second-order valence-electron chi connectivity index (χ2n) is 5.52. The fourth-order valence-electron chi connectivity index (χ4n) is 2.85. The predicted octanol–water partition coefficient (Wildman–Crippen LogP) is 3.15. The number of hydrogen-bond acceptors (Lipinski definition) is 5. The van der Waals surface area contributed by atoms with E-state index in [1.165, 1.54) is 0 Å². The van der Waals surface area contributed by atoms with Crippen LogP contribution in [0.15, 0.2) is 41.0 Å². The zero-order chi connectivity index (χ0) is 18.0. The number of fused-ring (bicyclic) bond motifs is 1. The van der Waals surface area contributed by atoms with Gasteiger partial charge in [0.2, 0.25) is 5.91 Å². The van der Waals surface area contributed by atoms with Gasteiger partial charge in [0.05, 0.1) is 34.0 Å². The maximum Gasteiger partial charge on any atom is 0.221 e. The lowest BCUT2D eigenvalue weighted by atomic mass is 9.96. The quantitative estimate of drug-likeness (QED) is 0.744. The minimum absolute atomic E-state index is 0.0819. The maximum absolute atomic E-state index is 11.5. The Kier molecular flexibility index (Phi) is 4.52. The lowest BCUT2D eigenvalue weighted by molar-refractivity contribution is -0.117. The third-order valence-electron chi connectivity index (χ3n) is 4.05. The lowest BCUT2D eigenvalue weighted by Crippen LogP contribution is -2.14. The number of amides is 1. The van der Waals surface area contributed by atoms with Crippen molar-refractivity contribution in [3.8, 4) is 28.4 Å². The van der Waals surface area contributed by atoms with E-state index >= 15 is 0 Å². The first-order chi connectivity index (χ1) is 12.1. The summed E-state index contributed by atoms with van der Waals surface area (Å²) in [6, 6.07) is 9.17. The molecule has 6 heteroatoms. The molecule has 6 nitrogen and oxygen atoms in total. The highest BCUT2D eigenvalue weighted by Crippen LogP contribution is 2.40. The molecule has 0 aliphatic carbocycles. The second kappa shape index (κ2) is 6.76. The molecule has 2 N–H and O–H groups in total. The van der Waals surface area contributed by atoms with Crippen LogP contribution in [0.1, 0.15) is 5.56 Å². The first kappa shape index (κ1) is 16.7. The van der Waals surface area contributed by atoms with E-state index in [0.29, 0.717) is 22.8 Å². The zero-order valence-electron chi connectivity index (χ0n) is 14.3. The number of carbonyl (C=O) groups is 1. The van der Waals surface area contributed by atoms with Crippen molar-refractivity contribution < 1.29 is 23.4 Å². The summed E-state index contributed by atoms with van der Waals surface area (Å²) in [6.45, 7) is 0. The molecular weight excluding hydrogens is 322 g/mol. The van der Waals surface area contributed by atoms with Crippen LogP contribution in [0.4, 0.5) is 0 Å². The number of primary amides is 1. The van der Waals surface area contributed by atoms with Gasteiger partial charge in [0.15, 0.2) is 11.5 Å². The van der Waals surface area contributed by atoms with Crippen LogP contribution in [-0.4, -0.2) is 27.2 Å². The molecule has 2 aromatic carbocycles. The molecule has 0 bridgehead atoms. The molecule has 0 aliphatic heterocycles. The number of methoxy groups -OCH3 is 3. The summed E-state index contributed by atoms with van der Waals surface area (Å²) >= 11 is 0. The molecular formula is C19H19NO5. The fraction of sp³-hybridized carbons (Fsp3) is 0.211. The minimum Gasteiger partial charge on any atom is -0.497 e. The lowest BCUT2D eigenvalue weighted by Gasteiger charge is -2.14. The molecule has 3 aromatic rings. The van der Waals surface area contributed by atoms with E-state index in [-0.39, 0.29) is 6.42 Å². The first-order valence-corrected chi connectivity index (χ1v) is 7.66. The minimum atomic E-state index is -0.428. The third-order valence-corrected chi connectivity index (χ3v) is 4.05. The van der Waals surface area contributed by atoms with E-state index in [4.69, 9.17) is 24.4 Å². The maximum atomic E-state index is 11.5. The molecule has 0 spiro atoms. The average Bonchev–Trinajstić information content (AvgIpc) is 3.03. The topological polar surface area (TPSA) is 83.9 Å². The molecule has 1 aromatic heterocycles. The Morgan fingerprint density at radius 1 is 1.00 bits per heavy atom. The Labute approximate surface area is 145 Å². The standard InChI is InChI=1S/C19H19NO5/c1-22-12-4-5-13-15(10-25-16(13)8-12)14-9-18(24-3)17(23-2)6-11(14)7-19(20)21/h4-6,8-10H,7H2,1-3H3,(H2,20,21). The highest BCUT2D eigenvalue weighted by Gasteiger charge is 2.18. The Bertz CT molecular complexity index is 929. The molecule has 0 saturated heterocycles. The van der Waals surface area contributed by atoms with Gasteiger partial charge < -0.3 is 24.4 Å². The summed E-state index contributed by atoms with van der Waals surface area (Å²) in [5.74, 6) is 1.38. The number of nitrogens with two attached hydrogens (primary N) is 1.